The molecule has 1 aromatic carbocycles. The number of benzene rings is 1. The monoisotopic (exact) mass is 317 g/mol. The van der Waals surface area contributed by atoms with Crippen molar-refractivity contribution in [2.75, 3.05) is 18.4 Å². The summed E-state index contributed by atoms with van der Waals surface area (Å²) < 4.78 is 0. The number of aryl methyl sites for hydroxylation is 1. The lowest BCUT2D eigenvalue weighted by Crippen LogP contribution is -2.39. The van der Waals surface area contributed by atoms with Crippen molar-refractivity contribution in [2.45, 2.75) is 25.9 Å². The number of aromatic nitrogens is 2. The predicted octanol–water partition coefficient (Wildman–Crippen LogP) is 2.24. The van der Waals surface area contributed by atoms with Crippen LogP contribution in [0.5, 0.6) is 0 Å². The van der Waals surface area contributed by atoms with Crippen LogP contribution in [-0.4, -0.2) is 40.3 Å². The fourth-order valence-electron chi connectivity index (χ4n) is 2.60. The molecule has 0 saturated carbocycles. The lowest BCUT2D eigenvalue weighted by Gasteiger charge is -2.16. The maximum absolute atomic E-state index is 11.9. The summed E-state index contributed by atoms with van der Waals surface area (Å²) in [6.07, 6.45) is 0.968. The number of hydrogen-bond acceptors (Lipinski definition) is 5. The van der Waals surface area contributed by atoms with Gasteiger partial charge >= 0.3 is 6.03 Å². The molecule has 0 aliphatic carbocycles. The summed E-state index contributed by atoms with van der Waals surface area (Å²) in [7, 11) is 0. The minimum atomic E-state index is -0.206. The minimum Gasteiger partial charge on any atom is -0.334 e. The highest BCUT2D eigenvalue weighted by molar-refractivity contribution is 7.15. The van der Waals surface area contributed by atoms with Crippen LogP contribution in [-0.2, 0) is 6.54 Å². The summed E-state index contributed by atoms with van der Waals surface area (Å²) in [5, 5.41) is 14.9. The topological polar surface area (TPSA) is 70.1 Å². The zero-order valence-corrected chi connectivity index (χ0v) is 13.3. The van der Waals surface area contributed by atoms with Gasteiger partial charge in [0.15, 0.2) is 0 Å². The Labute approximate surface area is 133 Å². The molecule has 1 aromatic heterocycles. The molecule has 2 N–H and O–H groups in total. The number of anilines is 1. The van der Waals surface area contributed by atoms with Gasteiger partial charge in [-0.3, -0.25) is 10.2 Å². The van der Waals surface area contributed by atoms with E-state index in [0.717, 1.165) is 31.1 Å². The third-order valence-electron chi connectivity index (χ3n) is 3.60. The zero-order chi connectivity index (χ0) is 15.4. The number of amides is 2. The standard InChI is InChI=1S/C15H19N5OS/c1-11-18-19-15(22-11)17-14(21)16-13-7-8-20(10-13)9-12-5-3-2-4-6-12/h2-6,13H,7-10H2,1H3,(H2,16,17,19,21)/t13-/m1/s1. The molecule has 6 nitrogen and oxygen atoms in total. The smallest absolute Gasteiger partial charge is 0.321 e. The third kappa shape index (κ3) is 4.02. The molecule has 0 spiro atoms. The lowest BCUT2D eigenvalue weighted by molar-refractivity contribution is 0.247. The maximum atomic E-state index is 11.9. The number of rotatable bonds is 4. The van der Waals surface area contributed by atoms with Gasteiger partial charge in [0, 0.05) is 25.7 Å². The largest absolute Gasteiger partial charge is 0.334 e. The van der Waals surface area contributed by atoms with Crippen LogP contribution in [0.25, 0.3) is 0 Å². The van der Waals surface area contributed by atoms with Crippen LogP contribution in [0, 0.1) is 6.92 Å². The van der Waals surface area contributed by atoms with Gasteiger partial charge in [-0.25, -0.2) is 4.79 Å². The Kier molecular flexibility index (Phi) is 4.65. The molecule has 1 aliphatic rings. The van der Waals surface area contributed by atoms with E-state index in [4.69, 9.17) is 0 Å². The average molecular weight is 317 g/mol. The molecule has 0 bridgehead atoms. The molecule has 116 valence electrons. The molecule has 1 atom stereocenters. The summed E-state index contributed by atoms with van der Waals surface area (Å²) in [6.45, 7) is 4.66. The van der Waals surface area contributed by atoms with E-state index in [-0.39, 0.29) is 12.1 Å². The second-order valence-corrected chi connectivity index (χ2v) is 6.61. The summed E-state index contributed by atoms with van der Waals surface area (Å²) >= 11 is 1.37. The highest BCUT2D eigenvalue weighted by Crippen LogP contribution is 2.15. The van der Waals surface area contributed by atoms with Crippen molar-refractivity contribution >= 4 is 22.5 Å². The fourth-order valence-corrected chi connectivity index (χ4v) is 3.19. The first-order valence-corrected chi connectivity index (χ1v) is 8.14. The van der Waals surface area contributed by atoms with Gasteiger partial charge in [0.2, 0.25) is 5.13 Å². The number of carbonyl (C=O) groups is 1. The van der Waals surface area contributed by atoms with E-state index in [9.17, 15) is 4.79 Å². The van der Waals surface area contributed by atoms with Crippen molar-refractivity contribution in [3.05, 3.63) is 40.9 Å². The molecule has 0 radical (unpaired) electrons. The Morgan fingerprint density at radius 2 is 2.18 bits per heavy atom. The molecule has 2 aromatic rings. The molecule has 2 heterocycles. The minimum absolute atomic E-state index is 0.178. The Morgan fingerprint density at radius 1 is 1.36 bits per heavy atom. The number of hydrogen-bond donors (Lipinski definition) is 2. The summed E-state index contributed by atoms with van der Waals surface area (Å²) in [6, 6.07) is 10.4. The van der Waals surface area contributed by atoms with Crippen molar-refractivity contribution in [3.63, 3.8) is 0 Å². The van der Waals surface area contributed by atoms with Gasteiger partial charge in [-0.15, -0.1) is 10.2 Å². The highest BCUT2D eigenvalue weighted by atomic mass is 32.1. The lowest BCUT2D eigenvalue weighted by atomic mass is 10.2. The number of nitrogens with zero attached hydrogens (tertiary/aromatic N) is 3. The van der Waals surface area contributed by atoms with E-state index in [1.54, 1.807) is 0 Å². The van der Waals surface area contributed by atoms with Crippen LogP contribution in [0.15, 0.2) is 30.3 Å². The molecule has 3 rings (SSSR count). The SMILES string of the molecule is Cc1nnc(NC(=O)N[C@@H]2CCN(Cc3ccccc3)C2)s1. The number of carbonyl (C=O) groups excluding carboxylic acids is 1. The van der Waals surface area contributed by atoms with E-state index in [1.165, 1.54) is 16.9 Å². The van der Waals surface area contributed by atoms with E-state index in [0.29, 0.717) is 5.13 Å². The van der Waals surface area contributed by atoms with Gasteiger partial charge in [0.1, 0.15) is 5.01 Å². The summed E-state index contributed by atoms with van der Waals surface area (Å²) in [5.41, 5.74) is 1.30. The molecule has 1 saturated heterocycles. The second kappa shape index (κ2) is 6.85. The van der Waals surface area contributed by atoms with E-state index >= 15 is 0 Å². The Balaban J connectivity index is 1.45. The second-order valence-electron chi connectivity index (χ2n) is 5.43. The third-order valence-corrected chi connectivity index (χ3v) is 4.36. The van der Waals surface area contributed by atoms with Crippen LogP contribution in [0.2, 0.25) is 0 Å². The van der Waals surface area contributed by atoms with Gasteiger partial charge in [-0.1, -0.05) is 41.7 Å². The van der Waals surface area contributed by atoms with E-state index < -0.39 is 0 Å². The van der Waals surface area contributed by atoms with Gasteiger partial charge in [0.05, 0.1) is 0 Å². The Morgan fingerprint density at radius 3 is 2.91 bits per heavy atom. The first-order chi connectivity index (χ1) is 10.7. The van der Waals surface area contributed by atoms with Crippen molar-refractivity contribution < 1.29 is 4.79 Å². The molecule has 22 heavy (non-hydrogen) atoms. The average Bonchev–Trinajstić information content (AvgIpc) is 3.09. The highest BCUT2D eigenvalue weighted by Gasteiger charge is 2.24. The van der Waals surface area contributed by atoms with Gasteiger partial charge in [0.25, 0.3) is 0 Å². The van der Waals surface area contributed by atoms with E-state index in [2.05, 4.69) is 50.0 Å². The predicted molar refractivity (Wildman–Crippen MR) is 86.9 cm³/mol. The quantitative estimate of drug-likeness (QED) is 0.907. The Bertz CT molecular complexity index is 630. The van der Waals surface area contributed by atoms with Gasteiger partial charge in [-0.05, 0) is 18.9 Å². The molecular weight excluding hydrogens is 298 g/mol. The maximum Gasteiger partial charge on any atom is 0.321 e. The van der Waals surface area contributed by atoms with Crippen molar-refractivity contribution in [1.29, 1.82) is 0 Å². The number of nitrogens with one attached hydrogen (secondary N) is 2. The van der Waals surface area contributed by atoms with Crippen LogP contribution in [0.3, 0.4) is 0 Å². The van der Waals surface area contributed by atoms with Gasteiger partial charge in [-0.2, -0.15) is 0 Å². The number of urea groups is 1. The van der Waals surface area contributed by atoms with Crippen molar-refractivity contribution in [2.24, 2.45) is 0 Å². The zero-order valence-electron chi connectivity index (χ0n) is 12.5. The molecule has 1 fully saturated rings. The molecular formula is C15H19N5OS. The van der Waals surface area contributed by atoms with E-state index in [1.807, 2.05) is 13.0 Å². The molecule has 1 aliphatic heterocycles. The fraction of sp³-hybridized carbons (Fsp3) is 0.400. The van der Waals surface area contributed by atoms with Crippen molar-refractivity contribution in [1.82, 2.24) is 20.4 Å². The van der Waals surface area contributed by atoms with Crippen LogP contribution in [0.1, 0.15) is 17.0 Å². The molecule has 0 unspecified atom stereocenters. The summed E-state index contributed by atoms with van der Waals surface area (Å²) in [5.74, 6) is 0. The summed E-state index contributed by atoms with van der Waals surface area (Å²) in [4.78, 5) is 14.3. The van der Waals surface area contributed by atoms with Crippen LogP contribution < -0.4 is 10.6 Å². The van der Waals surface area contributed by atoms with Gasteiger partial charge < -0.3 is 5.32 Å². The van der Waals surface area contributed by atoms with Crippen LogP contribution in [0.4, 0.5) is 9.93 Å². The first kappa shape index (κ1) is 14.9. The Hall–Kier alpha value is -1.99. The normalized spacial score (nSPS) is 18.3. The molecule has 7 heteroatoms. The first-order valence-electron chi connectivity index (χ1n) is 7.33. The van der Waals surface area contributed by atoms with Crippen molar-refractivity contribution in [3.8, 4) is 0 Å². The molecule has 2 amide bonds. The number of likely N-dealkylation sites (tertiary alicyclic amines) is 1. The van der Waals surface area contributed by atoms with Crippen LogP contribution >= 0.6 is 11.3 Å².